The maximum atomic E-state index is 14.2. The first-order chi connectivity index (χ1) is 17.2. The summed E-state index contributed by atoms with van der Waals surface area (Å²) in [5.74, 6) is -7.44. The third kappa shape index (κ3) is 5.29. The van der Waals surface area contributed by atoms with Crippen LogP contribution in [0.4, 0.5) is 32.0 Å². The first-order valence-corrected chi connectivity index (χ1v) is 11.4. The number of amides is 2. The Morgan fingerprint density at radius 3 is 2.35 bits per heavy atom. The van der Waals surface area contributed by atoms with Crippen LogP contribution in [0.1, 0.15) is 31.7 Å². The van der Waals surface area contributed by atoms with Crippen molar-refractivity contribution in [3.05, 3.63) is 42.6 Å². The third-order valence-electron chi connectivity index (χ3n) is 6.76. The number of nitrogens with one attached hydrogen (secondary N) is 1. The predicted molar refractivity (Wildman–Crippen MR) is 116 cm³/mol. The minimum atomic E-state index is -5.04. The molecule has 0 spiro atoms. The number of ether oxygens (including phenoxy) is 1. The molecular weight excluding hydrogens is 532 g/mol. The van der Waals surface area contributed by atoms with Gasteiger partial charge < -0.3 is 10.1 Å². The van der Waals surface area contributed by atoms with Crippen LogP contribution < -0.4 is 15.0 Å². The highest BCUT2D eigenvalue weighted by molar-refractivity contribution is 6.32. The fraction of sp³-hybridized carbons (Fsp3) is 0.500. The van der Waals surface area contributed by atoms with Crippen LogP contribution >= 0.6 is 11.6 Å². The lowest BCUT2D eigenvalue weighted by molar-refractivity contribution is -0.276. The van der Waals surface area contributed by atoms with Crippen LogP contribution in [-0.4, -0.2) is 50.7 Å². The van der Waals surface area contributed by atoms with Gasteiger partial charge in [0.1, 0.15) is 6.33 Å². The molecule has 0 aromatic carbocycles. The van der Waals surface area contributed by atoms with E-state index in [0.717, 1.165) is 24.7 Å². The van der Waals surface area contributed by atoms with E-state index in [9.17, 15) is 35.9 Å². The average molecular weight is 552 g/mol. The van der Waals surface area contributed by atoms with E-state index in [1.807, 2.05) is 0 Å². The number of nitrogens with zero attached hydrogens (tertiary/aromatic N) is 4. The number of hydrogen-bond donors (Lipinski definition) is 1. The predicted octanol–water partition coefficient (Wildman–Crippen LogP) is 4.10. The van der Waals surface area contributed by atoms with Crippen LogP contribution in [0.3, 0.4) is 0 Å². The second-order valence-electron chi connectivity index (χ2n) is 9.05. The van der Waals surface area contributed by atoms with E-state index in [1.165, 1.54) is 19.3 Å². The molecule has 2 bridgehead atoms. The molecule has 2 aliphatic rings. The standard InChI is InChI=1S/C22H20ClF6N5O3/c1-20(13-7-30-10-31-8-13,19(36)33-15-5-12-4-11(15)6-21(12,25)26)34(18(35)17(23)24)14-2-3-16(32-9-14)37-22(27,28)29/h2-3,7-12,15,17H,4-6H2,1H3,(H,33,36)/t11?,12?,15-,17+,20-/m1/s1. The van der Waals surface area contributed by atoms with Gasteiger partial charge in [-0.2, -0.15) is 0 Å². The van der Waals surface area contributed by atoms with Gasteiger partial charge in [0.15, 0.2) is 5.54 Å². The van der Waals surface area contributed by atoms with Crippen molar-refractivity contribution in [2.45, 2.75) is 55.7 Å². The van der Waals surface area contributed by atoms with Gasteiger partial charge in [0.25, 0.3) is 23.4 Å². The second kappa shape index (κ2) is 9.62. The maximum Gasteiger partial charge on any atom is 0.574 e. The zero-order chi connectivity index (χ0) is 27.2. The summed E-state index contributed by atoms with van der Waals surface area (Å²) in [5, 5.41) is 2.69. The van der Waals surface area contributed by atoms with Gasteiger partial charge in [-0.3, -0.25) is 14.5 Å². The van der Waals surface area contributed by atoms with Crippen LogP contribution in [-0.2, 0) is 15.1 Å². The molecule has 4 rings (SSSR count). The molecule has 8 nitrogen and oxygen atoms in total. The Bertz CT molecular complexity index is 1150. The van der Waals surface area contributed by atoms with Gasteiger partial charge in [0.05, 0.1) is 11.9 Å². The Hall–Kier alpha value is -3.16. The van der Waals surface area contributed by atoms with Crippen LogP contribution in [0.15, 0.2) is 37.1 Å². The number of carbonyl (C=O) groups excluding carboxylic acids is 2. The van der Waals surface area contributed by atoms with Crippen LogP contribution in [0.2, 0.25) is 0 Å². The molecule has 200 valence electrons. The zero-order valence-corrected chi connectivity index (χ0v) is 19.8. The summed E-state index contributed by atoms with van der Waals surface area (Å²) in [6.45, 7) is 1.22. The molecule has 0 saturated heterocycles. The minimum Gasteiger partial charge on any atom is -0.388 e. The molecule has 2 aliphatic carbocycles. The number of pyridine rings is 1. The highest BCUT2D eigenvalue weighted by Crippen LogP contribution is 2.53. The lowest BCUT2D eigenvalue weighted by Gasteiger charge is -2.41. The van der Waals surface area contributed by atoms with Crippen molar-refractivity contribution in [3.63, 3.8) is 0 Å². The number of anilines is 1. The van der Waals surface area contributed by atoms with E-state index in [4.69, 9.17) is 11.6 Å². The van der Waals surface area contributed by atoms with Gasteiger partial charge in [-0.25, -0.2) is 28.1 Å². The van der Waals surface area contributed by atoms with Crippen molar-refractivity contribution in [1.82, 2.24) is 20.3 Å². The van der Waals surface area contributed by atoms with Crippen LogP contribution in [0.5, 0.6) is 5.88 Å². The van der Waals surface area contributed by atoms with Crippen LogP contribution in [0.25, 0.3) is 0 Å². The Kier molecular flexibility index (Phi) is 6.99. The lowest BCUT2D eigenvalue weighted by Crippen LogP contribution is -2.60. The first kappa shape index (κ1) is 26.9. The normalized spacial score (nSPS) is 24.7. The van der Waals surface area contributed by atoms with Crippen molar-refractivity contribution in [1.29, 1.82) is 0 Å². The SMILES string of the molecule is C[C@](C(=O)N[C@@H]1CC2CC1CC2(F)F)(c1cncnc1)N(C(=O)[C@H](F)Cl)c1ccc(OC(F)(F)F)nc1. The average Bonchev–Trinajstić information content (AvgIpc) is 3.35. The van der Waals surface area contributed by atoms with Crippen molar-refractivity contribution >= 4 is 29.1 Å². The summed E-state index contributed by atoms with van der Waals surface area (Å²) in [4.78, 5) is 38.5. The number of rotatable bonds is 7. The van der Waals surface area contributed by atoms with Crippen molar-refractivity contribution in [2.24, 2.45) is 11.8 Å². The van der Waals surface area contributed by atoms with Gasteiger partial charge in [0.2, 0.25) is 5.88 Å². The van der Waals surface area contributed by atoms with Gasteiger partial charge in [-0.1, -0.05) is 11.6 Å². The molecule has 2 amide bonds. The molecule has 1 N–H and O–H groups in total. The summed E-state index contributed by atoms with van der Waals surface area (Å²) in [5.41, 5.74) is -5.09. The third-order valence-corrected chi connectivity index (χ3v) is 6.95. The smallest absolute Gasteiger partial charge is 0.388 e. The highest BCUT2D eigenvalue weighted by atomic mass is 35.5. The lowest BCUT2D eigenvalue weighted by atomic mass is 9.87. The molecular formula is C22H20ClF6N5O3. The zero-order valence-electron chi connectivity index (χ0n) is 19.1. The van der Waals surface area contributed by atoms with Gasteiger partial charge in [0, 0.05) is 42.4 Å². The molecule has 2 aromatic rings. The fourth-order valence-corrected chi connectivity index (χ4v) is 5.09. The number of carbonyl (C=O) groups is 2. The molecule has 2 aromatic heterocycles. The van der Waals surface area contributed by atoms with Crippen molar-refractivity contribution in [2.75, 3.05) is 4.90 Å². The Morgan fingerprint density at radius 1 is 1.19 bits per heavy atom. The number of hydrogen-bond acceptors (Lipinski definition) is 6. The summed E-state index contributed by atoms with van der Waals surface area (Å²) >= 11 is 5.44. The second-order valence-corrected chi connectivity index (χ2v) is 9.43. The monoisotopic (exact) mass is 551 g/mol. The largest absolute Gasteiger partial charge is 0.574 e. The van der Waals surface area contributed by atoms with E-state index < -0.39 is 65.4 Å². The molecule has 2 heterocycles. The topological polar surface area (TPSA) is 97.3 Å². The minimum absolute atomic E-state index is 0.00496. The number of halogens is 7. The fourth-order valence-electron chi connectivity index (χ4n) is 5.00. The van der Waals surface area contributed by atoms with Gasteiger partial charge in [-0.15, -0.1) is 13.2 Å². The summed E-state index contributed by atoms with van der Waals surface area (Å²) in [6, 6.07) is 1.08. The molecule has 0 aliphatic heterocycles. The number of fused-ring (bicyclic) bond motifs is 2. The molecule has 2 saturated carbocycles. The quantitative estimate of drug-likeness (QED) is 0.411. The molecule has 2 unspecified atom stereocenters. The Labute approximate surface area is 211 Å². The Morgan fingerprint density at radius 2 is 1.86 bits per heavy atom. The summed E-state index contributed by atoms with van der Waals surface area (Å²) in [7, 11) is 0. The number of alkyl halides is 7. The maximum absolute atomic E-state index is 14.2. The van der Waals surface area contributed by atoms with Gasteiger partial charge in [-0.05, 0) is 31.7 Å². The van der Waals surface area contributed by atoms with Crippen LogP contribution in [0, 0.1) is 11.8 Å². The molecule has 0 radical (unpaired) electrons. The molecule has 5 atom stereocenters. The summed E-state index contributed by atoms with van der Waals surface area (Å²) in [6.07, 6.45) is -0.972. The van der Waals surface area contributed by atoms with E-state index >= 15 is 0 Å². The van der Waals surface area contributed by atoms with E-state index in [2.05, 4.69) is 25.0 Å². The first-order valence-electron chi connectivity index (χ1n) is 11.0. The van der Waals surface area contributed by atoms with Gasteiger partial charge >= 0.3 is 6.36 Å². The molecule has 37 heavy (non-hydrogen) atoms. The van der Waals surface area contributed by atoms with E-state index in [-0.39, 0.29) is 24.1 Å². The molecule has 15 heteroatoms. The number of aromatic nitrogens is 3. The Balaban J connectivity index is 1.73. The highest BCUT2D eigenvalue weighted by Gasteiger charge is 2.58. The van der Waals surface area contributed by atoms with Crippen molar-refractivity contribution in [3.8, 4) is 5.88 Å². The van der Waals surface area contributed by atoms with E-state index in [0.29, 0.717) is 4.90 Å². The molecule has 2 fully saturated rings. The van der Waals surface area contributed by atoms with E-state index in [1.54, 1.807) is 0 Å². The summed E-state index contributed by atoms with van der Waals surface area (Å²) < 4.78 is 83.6. The van der Waals surface area contributed by atoms with Crippen molar-refractivity contribution < 1.29 is 40.7 Å².